The van der Waals surface area contributed by atoms with Gasteiger partial charge in [-0.3, -0.25) is 4.79 Å². The first kappa shape index (κ1) is 20.8. The Hall–Kier alpha value is -3.91. The number of hydrogen-bond acceptors (Lipinski definition) is 3. The standard InChI is InChI=1S/C25H21FN2O2/c1-2-30-24-16-19(11-12-20(24)13-18-7-6-8-22(26)15-18)14-21(17-27)25(29)28-23-9-4-3-5-10-23/h3-12,14-16H,2,13H2,1H3,(H,28,29)/b21-14+. The van der Waals surface area contributed by atoms with Crippen molar-refractivity contribution in [1.29, 1.82) is 5.26 Å². The third-order valence-corrected chi connectivity index (χ3v) is 4.38. The Bertz CT molecular complexity index is 1100. The summed E-state index contributed by atoms with van der Waals surface area (Å²) >= 11 is 0. The number of ether oxygens (including phenoxy) is 1. The molecule has 150 valence electrons. The topological polar surface area (TPSA) is 62.1 Å². The van der Waals surface area contributed by atoms with Crippen molar-refractivity contribution in [1.82, 2.24) is 0 Å². The van der Waals surface area contributed by atoms with Gasteiger partial charge in [0.25, 0.3) is 5.91 Å². The van der Waals surface area contributed by atoms with Gasteiger partial charge in [0.15, 0.2) is 0 Å². The van der Waals surface area contributed by atoms with Gasteiger partial charge < -0.3 is 10.1 Å². The van der Waals surface area contributed by atoms with E-state index in [1.165, 1.54) is 18.2 Å². The maximum absolute atomic E-state index is 13.5. The first-order chi connectivity index (χ1) is 14.6. The zero-order chi connectivity index (χ0) is 21.3. The summed E-state index contributed by atoms with van der Waals surface area (Å²) < 4.78 is 19.2. The van der Waals surface area contributed by atoms with Crippen LogP contribution in [0.5, 0.6) is 5.75 Å². The Morgan fingerprint density at radius 2 is 1.90 bits per heavy atom. The summed E-state index contributed by atoms with van der Waals surface area (Å²) in [5, 5.41) is 12.1. The van der Waals surface area contributed by atoms with Crippen molar-refractivity contribution < 1.29 is 13.9 Å². The maximum atomic E-state index is 13.5. The molecule has 0 unspecified atom stereocenters. The predicted octanol–water partition coefficient (Wildman–Crippen LogP) is 5.36. The average molecular weight is 400 g/mol. The number of nitriles is 1. The minimum atomic E-state index is -0.481. The number of carbonyl (C=O) groups is 1. The molecule has 0 aliphatic heterocycles. The van der Waals surface area contributed by atoms with E-state index in [2.05, 4.69) is 5.32 Å². The van der Waals surface area contributed by atoms with Crippen molar-refractivity contribution in [2.45, 2.75) is 13.3 Å². The monoisotopic (exact) mass is 400 g/mol. The van der Waals surface area contributed by atoms with Crippen molar-refractivity contribution in [3.63, 3.8) is 0 Å². The van der Waals surface area contributed by atoms with Gasteiger partial charge in [-0.25, -0.2) is 4.39 Å². The van der Waals surface area contributed by atoms with Crippen molar-refractivity contribution >= 4 is 17.7 Å². The summed E-state index contributed by atoms with van der Waals surface area (Å²) in [7, 11) is 0. The van der Waals surface area contributed by atoms with Crippen LogP contribution < -0.4 is 10.1 Å². The van der Waals surface area contributed by atoms with E-state index in [4.69, 9.17) is 4.74 Å². The molecule has 1 N–H and O–H groups in total. The number of nitrogens with zero attached hydrogens (tertiary/aromatic N) is 1. The zero-order valence-electron chi connectivity index (χ0n) is 16.6. The molecule has 1 amide bonds. The molecule has 0 fully saturated rings. The van der Waals surface area contributed by atoms with Gasteiger partial charge in [-0.05, 0) is 60.0 Å². The quantitative estimate of drug-likeness (QED) is 0.429. The second-order valence-corrected chi connectivity index (χ2v) is 6.60. The fourth-order valence-corrected chi connectivity index (χ4v) is 3.00. The molecule has 4 nitrogen and oxygen atoms in total. The largest absolute Gasteiger partial charge is 0.494 e. The molecule has 0 heterocycles. The molecular weight excluding hydrogens is 379 g/mol. The molecule has 0 spiro atoms. The number of amides is 1. The van der Waals surface area contributed by atoms with Crippen LogP contribution in [0, 0.1) is 17.1 Å². The number of anilines is 1. The molecule has 3 aromatic carbocycles. The Kier molecular flexibility index (Phi) is 6.96. The van der Waals surface area contributed by atoms with E-state index in [0.29, 0.717) is 30.0 Å². The normalized spacial score (nSPS) is 10.9. The zero-order valence-corrected chi connectivity index (χ0v) is 16.6. The number of benzene rings is 3. The fourth-order valence-electron chi connectivity index (χ4n) is 3.00. The Morgan fingerprint density at radius 3 is 2.60 bits per heavy atom. The number of nitrogens with one attached hydrogen (secondary N) is 1. The number of rotatable bonds is 7. The summed E-state index contributed by atoms with van der Waals surface area (Å²) in [4.78, 5) is 12.4. The molecule has 0 aromatic heterocycles. The number of hydrogen-bond donors (Lipinski definition) is 1. The van der Waals surface area contributed by atoms with Crippen LogP contribution >= 0.6 is 0 Å². The van der Waals surface area contributed by atoms with E-state index in [-0.39, 0.29) is 11.4 Å². The Labute approximate surface area is 175 Å². The van der Waals surface area contributed by atoms with E-state index in [1.807, 2.05) is 37.3 Å². The molecule has 0 aliphatic carbocycles. The van der Waals surface area contributed by atoms with Crippen LogP contribution in [0.25, 0.3) is 6.08 Å². The fraction of sp³-hybridized carbons (Fsp3) is 0.120. The molecule has 3 rings (SSSR count). The smallest absolute Gasteiger partial charge is 0.266 e. The lowest BCUT2D eigenvalue weighted by Gasteiger charge is -2.12. The summed E-state index contributed by atoms with van der Waals surface area (Å²) in [5.41, 5.74) is 3.00. The van der Waals surface area contributed by atoms with Gasteiger partial charge in [0.05, 0.1) is 6.61 Å². The van der Waals surface area contributed by atoms with Crippen LogP contribution in [0.3, 0.4) is 0 Å². The summed E-state index contributed by atoms with van der Waals surface area (Å²) in [6.45, 7) is 2.34. The predicted molar refractivity (Wildman–Crippen MR) is 115 cm³/mol. The SMILES string of the molecule is CCOc1cc(/C=C(\C#N)C(=O)Nc2ccccc2)ccc1Cc1cccc(F)c1. The second-order valence-electron chi connectivity index (χ2n) is 6.60. The lowest BCUT2D eigenvalue weighted by Crippen LogP contribution is -2.13. The maximum Gasteiger partial charge on any atom is 0.266 e. The highest BCUT2D eigenvalue weighted by Crippen LogP contribution is 2.25. The van der Waals surface area contributed by atoms with Gasteiger partial charge in [-0.2, -0.15) is 5.26 Å². The number of halogens is 1. The third-order valence-electron chi connectivity index (χ3n) is 4.38. The first-order valence-electron chi connectivity index (χ1n) is 9.57. The summed E-state index contributed by atoms with van der Waals surface area (Å²) in [6.07, 6.45) is 2.03. The minimum Gasteiger partial charge on any atom is -0.494 e. The summed E-state index contributed by atoms with van der Waals surface area (Å²) in [6, 6.07) is 22.8. The molecule has 0 atom stereocenters. The van der Waals surface area contributed by atoms with E-state index < -0.39 is 5.91 Å². The highest BCUT2D eigenvalue weighted by molar-refractivity contribution is 6.09. The Morgan fingerprint density at radius 1 is 1.10 bits per heavy atom. The molecule has 30 heavy (non-hydrogen) atoms. The van der Waals surface area contributed by atoms with Crippen molar-refractivity contribution in [3.8, 4) is 11.8 Å². The third kappa shape index (κ3) is 5.55. The van der Waals surface area contributed by atoms with Gasteiger partial charge in [0.1, 0.15) is 23.2 Å². The van der Waals surface area contributed by atoms with E-state index in [9.17, 15) is 14.4 Å². The first-order valence-corrected chi connectivity index (χ1v) is 9.57. The lowest BCUT2D eigenvalue weighted by molar-refractivity contribution is -0.112. The highest BCUT2D eigenvalue weighted by atomic mass is 19.1. The van der Waals surface area contributed by atoms with Crippen molar-refractivity contribution in [2.24, 2.45) is 0 Å². The van der Waals surface area contributed by atoms with Crippen LogP contribution in [0.1, 0.15) is 23.6 Å². The summed E-state index contributed by atoms with van der Waals surface area (Å²) in [5.74, 6) is -0.130. The van der Waals surface area contributed by atoms with Crippen molar-refractivity contribution in [2.75, 3.05) is 11.9 Å². The van der Waals surface area contributed by atoms with Crippen LogP contribution in [0.15, 0.2) is 78.4 Å². The molecule has 0 radical (unpaired) electrons. The average Bonchev–Trinajstić information content (AvgIpc) is 2.74. The minimum absolute atomic E-state index is 0.0146. The van der Waals surface area contributed by atoms with Crippen LogP contribution in [0.2, 0.25) is 0 Å². The van der Waals surface area contributed by atoms with E-state index >= 15 is 0 Å². The van der Waals surface area contributed by atoms with E-state index in [1.54, 1.807) is 36.4 Å². The van der Waals surface area contributed by atoms with Crippen molar-refractivity contribution in [3.05, 3.63) is 101 Å². The van der Waals surface area contributed by atoms with Crippen LogP contribution in [0.4, 0.5) is 10.1 Å². The lowest BCUT2D eigenvalue weighted by atomic mass is 10.0. The van der Waals surface area contributed by atoms with Gasteiger partial charge in [-0.15, -0.1) is 0 Å². The molecule has 0 saturated heterocycles. The van der Waals surface area contributed by atoms with Gasteiger partial charge in [0, 0.05) is 12.1 Å². The molecular formula is C25H21FN2O2. The van der Waals surface area contributed by atoms with Crippen LogP contribution in [-0.4, -0.2) is 12.5 Å². The van der Waals surface area contributed by atoms with E-state index in [0.717, 1.165) is 11.1 Å². The molecule has 0 aliphatic rings. The molecule has 0 bridgehead atoms. The van der Waals surface area contributed by atoms with Crippen LogP contribution in [-0.2, 0) is 11.2 Å². The molecule has 0 saturated carbocycles. The van der Waals surface area contributed by atoms with Gasteiger partial charge >= 0.3 is 0 Å². The second kappa shape index (κ2) is 10.0. The number of para-hydroxylation sites is 1. The molecule has 3 aromatic rings. The highest BCUT2D eigenvalue weighted by Gasteiger charge is 2.11. The molecule has 5 heteroatoms. The Balaban J connectivity index is 1.85. The van der Waals surface area contributed by atoms with Gasteiger partial charge in [0.2, 0.25) is 0 Å². The number of carbonyl (C=O) groups excluding carboxylic acids is 1. The van der Waals surface area contributed by atoms with Gasteiger partial charge in [-0.1, -0.05) is 42.5 Å².